The van der Waals surface area contributed by atoms with E-state index in [1.54, 1.807) is 0 Å². The van der Waals surface area contributed by atoms with Crippen LogP contribution in [0, 0.1) is 0 Å². The first-order chi connectivity index (χ1) is 11.5. The Kier molecular flexibility index (Phi) is 5.71. The third-order valence-electron chi connectivity index (χ3n) is 3.73. The topological polar surface area (TPSA) is 84.4 Å². The lowest BCUT2D eigenvalue weighted by Gasteiger charge is -2.35. The molecule has 1 aromatic rings. The monoisotopic (exact) mass is 368 g/mol. The van der Waals surface area contributed by atoms with Gasteiger partial charge in [-0.25, -0.2) is 4.79 Å². The van der Waals surface area contributed by atoms with Crippen LogP contribution in [0.2, 0.25) is 0 Å². The summed E-state index contributed by atoms with van der Waals surface area (Å²) < 4.78 is 5.44. The fourth-order valence-corrected chi connectivity index (χ4v) is 3.31. The summed E-state index contributed by atoms with van der Waals surface area (Å²) in [6, 6.07) is -0.536. The molecule has 0 unspecified atom stereocenters. The standard InChI is InChI=1S/C17H28N4O3S/c1-16(2,3)13-19-20-14(25-13)18-12(22)11-9-7-8-10-21(11)15(23)24-17(4,5)6/h11H,7-10H2,1-6H3,(H,18,20,22)/t11-/m0/s1. The van der Waals surface area contributed by atoms with Crippen molar-refractivity contribution in [3.8, 4) is 0 Å². The minimum absolute atomic E-state index is 0.117. The van der Waals surface area contributed by atoms with Gasteiger partial charge in [-0.2, -0.15) is 0 Å². The molecule has 2 rings (SSSR count). The van der Waals surface area contributed by atoms with Gasteiger partial charge in [-0.1, -0.05) is 32.1 Å². The number of likely N-dealkylation sites (tertiary alicyclic amines) is 1. The molecule has 1 aromatic heterocycles. The van der Waals surface area contributed by atoms with Gasteiger partial charge in [0.25, 0.3) is 0 Å². The van der Waals surface area contributed by atoms with Gasteiger partial charge in [0.2, 0.25) is 11.0 Å². The summed E-state index contributed by atoms with van der Waals surface area (Å²) in [5, 5.41) is 12.3. The SMILES string of the molecule is CC(C)(C)OC(=O)N1CCCC[C@H]1C(=O)Nc1nnc(C(C)(C)C)s1. The molecule has 1 N–H and O–H groups in total. The number of nitrogens with one attached hydrogen (secondary N) is 1. The van der Waals surface area contributed by atoms with Crippen LogP contribution in [0.25, 0.3) is 0 Å². The van der Waals surface area contributed by atoms with E-state index >= 15 is 0 Å². The van der Waals surface area contributed by atoms with Crippen molar-refractivity contribution in [3.63, 3.8) is 0 Å². The largest absolute Gasteiger partial charge is 0.444 e. The average molecular weight is 369 g/mol. The molecule has 1 atom stereocenters. The van der Waals surface area contributed by atoms with E-state index in [2.05, 4.69) is 15.5 Å². The molecule has 8 heteroatoms. The average Bonchev–Trinajstić information content (AvgIpc) is 2.94. The van der Waals surface area contributed by atoms with Gasteiger partial charge >= 0.3 is 6.09 Å². The lowest BCUT2D eigenvalue weighted by molar-refractivity contribution is -0.122. The van der Waals surface area contributed by atoms with Gasteiger partial charge in [-0.05, 0) is 40.0 Å². The maximum Gasteiger partial charge on any atom is 0.410 e. The van der Waals surface area contributed by atoms with Gasteiger partial charge in [0, 0.05) is 12.0 Å². The van der Waals surface area contributed by atoms with E-state index in [0.717, 1.165) is 17.8 Å². The molecule has 1 saturated heterocycles. The molecule has 0 radical (unpaired) electrons. The Morgan fingerprint density at radius 1 is 1.16 bits per heavy atom. The molecule has 0 bridgehead atoms. The van der Waals surface area contributed by atoms with Gasteiger partial charge in [0.15, 0.2) is 0 Å². The van der Waals surface area contributed by atoms with Crippen LogP contribution in [0.15, 0.2) is 0 Å². The first kappa shape index (κ1) is 19.6. The van der Waals surface area contributed by atoms with Crippen LogP contribution in [-0.2, 0) is 14.9 Å². The fourth-order valence-electron chi connectivity index (χ4n) is 2.51. The maximum atomic E-state index is 12.7. The van der Waals surface area contributed by atoms with Gasteiger partial charge in [0.05, 0.1) is 0 Å². The van der Waals surface area contributed by atoms with Crippen molar-refractivity contribution in [2.75, 3.05) is 11.9 Å². The summed E-state index contributed by atoms with van der Waals surface area (Å²) in [7, 11) is 0. The smallest absolute Gasteiger partial charge is 0.410 e. The molecule has 7 nitrogen and oxygen atoms in total. The normalized spacial score (nSPS) is 18.8. The highest BCUT2D eigenvalue weighted by molar-refractivity contribution is 7.15. The highest BCUT2D eigenvalue weighted by Crippen LogP contribution is 2.28. The van der Waals surface area contributed by atoms with Crippen LogP contribution < -0.4 is 5.32 Å². The van der Waals surface area contributed by atoms with Crippen molar-refractivity contribution in [2.24, 2.45) is 0 Å². The summed E-state index contributed by atoms with van der Waals surface area (Å²) in [6.07, 6.45) is 1.95. The van der Waals surface area contributed by atoms with Crippen molar-refractivity contribution in [2.45, 2.75) is 77.9 Å². The number of carbonyl (C=O) groups is 2. The maximum absolute atomic E-state index is 12.7. The van der Waals surface area contributed by atoms with E-state index in [1.165, 1.54) is 16.2 Å². The second-order valence-corrected chi connectivity index (χ2v) is 9.31. The minimum atomic E-state index is -0.587. The molecule has 140 valence electrons. The van der Waals surface area contributed by atoms with E-state index in [9.17, 15) is 9.59 Å². The zero-order valence-corrected chi connectivity index (χ0v) is 16.7. The predicted octanol–water partition coefficient (Wildman–Crippen LogP) is 3.56. The Balaban J connectivity index is 2.07. The number of anilines is 1. The number of piperidine rings is 1. The van der Waals surface area contributed by atoms with Gasteiger partial charge in [-0.15, -0.1) is 10.2 Å². The molecule has 0 aromatic carbocycles. The van der Waals surface area contributed by atoms with Crippen molar-refractivity contribution >= 4 is 28.5 Å². The third-order valence-corrected chi connectivity index (χ3v) is 4.99. The molecule has 1 aliphatic heterocycles. The Morgan fingerprint density at radius 2 is 1.84 bits per heavy atom. The zero-order chi connectivity index (χ0) is 18.8. The lowest BCUT2D eigenvalue weighted by Crippen LogP contribution is -2.51. The van der Waals surface area contributed by atoms with Crippen LogP contribution >= 0.6 is 11.3 Å². The van der Waals surface area contributed by atoms with Crippen molar-refractivity contribution < 1.29 is 14.3 Å². The van der Waals surface area contributed by atoms with Crippen molar-refractivity contribution in [3.05, 3.63) is 5.01 Å². The van der Waals surface area contributed by atoms with Crippen molar-refractivity contribution in [1.29, 1.82) is 0 Å². The Bertz CT molecular complexity index is 631. The van der Waals surface area contributed by atoms with E-state index in [0.29, 0.717) is 18.1 Å². The molecule has 2 amide bonds. The number of rotatable bonds is 2. The number of amides is 2. The number of aromatic nitrogens is 2. The molecule has 0 spiro atoms. The second-order valence-electron chi connectivity index (χ2n) is 8.34. The first-order valence-electron chi connectivity index (χ1n) is 8.62. The number of hydrogen-bond acceptors (Lipinski definition) is 6. The van der Waals surface area contributed by atoms with Gasteiger partial charge < -0.3 is 4.74 Å². The summed E-state index contributed by atoms with van der Waals surface area (Å²) in [4.78, 5) is 26.6. The Labute approximate surface area is 153 Å². The quantitative estimate of drug-likeness (QED) is 0.863. The molecule has 2 heterocycles. The summed E-state index contributed by atoms with van der Waals surface area (Å²) in [6.45, 7) is 12.1. The van der Waals surface area contributed by atoms with Crippen LogP contribution in [0.4, 0.5) is 9.93 Å². The summed E-state index contributed by atoms with van der Waals surface area (Å²) in [5.74, 6) is -0.234. The summed E-state index contributed by atoms with van der Waals surface area (Å²) in [5.41, 5.74) is -0.704. The van der Waals surface area contributed by atoms with E-state index in [4.69, 9.17) is 4.74 Å². The van der Waals surface area contributed by atoms with Crippen LogP contribution in [0.1, 0.15) is 65.8 Å². The van der Waals surface area contributed by atoms with E-state index in [1.807, 2.05) is 41.5 Å². The molecule has 1 fully saturated rings. The molecule has 0 saturated carbocycles. The fraction of sp³-hybridized carbons (Fsp3) is 0.765. The molecule has 1 aliphatic rings. The molecular formula is C17H28N4O3S. The first-order valence-corrected chi connectivity index (χ1v) is 9.43. The van der Waals surface area contributed by atoms with Crippen LogP contribution in [0.5, 0.6) is 0 Å². The molecule has 25 heavy (non-hydrogen) atoms. The molecular weight excluding hydrogens is 340 g/mol. The van der Waals surface area contributed by atoms with Crippen molar-refractivity contribution in [1.82, 2.24) is 15.1 Å². The van der Waals surface area contributed by atoms with E-state index in [-0.39, 0.29) is 11.3 Å². The highest BCUT2D eigenvalue weighted by Gasteiger charge is 2.35. The Morgan fingerprint density at radius 3 is 2.40 bits per heavy atom. The third kappa shape index (κ3) is 5.39. The molecule has 0 aliphatic carbocycles. The van der Waals surface area contributed by atoms with Gasteiger partial charge in [0.1, 0.15) is 16.7 Å². The number of hydrogen-bond donors (Lipinski definition) is 1. The summed E-state index contributed by atoms with van der Waals surface area (Å²) >= 11 is 1.36. The van der Waals surface area contributed by atoms with Crippen LogP contribution in [-0.4, -0.2) is 45.3 Å². The minimum Gasteiger partial charge on any atom is -0.444 e. The van der Waals surface area contributed by atoms with E-state index < -0.39 is 17.7 Å². The van der Waals surface area contributed by atoms with Gasteiger partial charge in [-0.3, -0.25) is 15.0 Å². The lowest BCUT2D eigenvalue weighted by atomic mass is 9.98. The highest BCUT2D eigenvalue weighted by atomic mass is 32.1. The number of carbonyl (C=O) groups excluding carboxylic acids is 2. The number of ether oxygens (including phenoxy) is 1. The predicted molar refractivity (Wildman–Crippen MR) is 97.8 cm³/mol. The van der Waals surface area contributed by atoms with Crippen LogP contribution in [0.3, 0.4) is 0 Å². The number of nitrogens with zero attached hydrogens (tertiary/aromatic N) is 3. The zero-order valence-electron chi connectivity index (χ0n) is 15.9. The second kappa shape index (κ2) is 7.27. The Hall–Kier alpha value is -1.70.